The average molecular weight is 393 g/mol. The predicted octanol–water partition coefficient (Wildman–Crippen LogP) is 6.46. The molecule has 0 aliphatic rings. The zero-order valence-corrected chi connectivity index (χ0v) is 15.6. The smallest absolute Gasteiger partial charge is 0.258 e. The molecular formula is C21H13ClN2O2S. The molecule has 4 nitrogen and oxygen atoms in total. The third-order valence-corrected chi connectivity index (χ3v) is 5.00. The highest BCUT2D eigenvalue weighted by Crippen LogP contribution is 2.29. The van der Waals surface area contributed by atoms with Crippen LogP contribution in [0.5, 0.6) is 0 Å². The predicted molar refractivity (Wildman–Crippen MR) is 109 cm³/mol. The summed E-state index contributed by atoms with van der Waals surface area (Å²) in [5.41, 5.74) is 1.70. The van der Waals surface area contributed by atoms with Gasteiger partial charge in [0.05, 0.1) is 16.6 Å². The molecule has 0 saturated heterocycles. The number of hydrogen-bond acceptors (Lipinski definition) is 4. The number of benzene rings is 3. The van der Waals surface area contributed by atoms with E-state index in [1.807, 2.05) is 48.5 Å². The summed E-state index contributed by atoms with van der Waals surface area (Å²) < 4.78 is 0. The minimum absolute atomic E-state index is 0.0386. The lowest BCUT2D eigenvalue weighted by Gasteiger charge is -2.04. The molecule has 3 rings (SSSR count). The summed E-state index contributed by atoms with van der Waals surface area (Å²) in [6, 6.07) is 23.5. The Hall–Kier alpha value is -3.07. The first kappa shape index (κ1) is 18.7. The second kappa shape index (κ2) is 8.54. The van der Waals surface area contributed by atoms with Gasteiger partial charge in [0.2, 0.25) is 0 Å². The first-order valence-corrected chi connectivity index (χ1v) is 9.15. The van der Waals surface area contributed by atoms with Gasteiger partial charge in [0.1, 0.15) is 0 Å². The molecule has 0 amide bonds. The van der Waals surface area contributed by atoms with Crippen molar-refractivity contribution in [2.45, 2.75) is 9.79 Å². The molecule has 0 spiro atoms. The number of nitro groups is 1. The minimum Gasteiger partial charge on any atom is -0.258 e. The van der Waals surface area contributed by atoms with Crippen LogP contribution in [0.3, 0.4) is 0 Å². The van der Waals surface area contributed by atoms with Crippen molar-refractivity contribution >= 4 is 40.7 Å². The van der Waals surface area contributed by atoms with Gasteiger partial charge in [0, 0.05) is 26.9 Å². The Morgan fingerprint density at radius 2 is 1.67 bits per heavy atom. The van der Waals surface area contributed by atoms with Gasteiger partial charge < -0.3 is 0 Å². The summed E-state index contributed by atoms with van der Waals surface area (Å²) in [6.07, 6.45) is 1.72. The fourth-order valence-electron chi connectivity index (χ4n) is 2.40. The van der Waals surface area contributed by atoms with E-state index in [1.54, 1.807) is 30.0 Å². The van der Waals surface area contributed by atoms with Gasteiger partial charge in [-0.15, -0.1) is 0 Å². The molecule has 3 aromatic carbocycles. The molecule has 0 aliphatic carbocycles. The molecule has 0 N–H and O–H groups in total. The van der Waals surface area contributed by atoms with Gasteiger partial charge >= 0.3 is 0 Å². The lowest BCUT2D eigenvalue weighted by Crippen LogP contribution is -1.89. The molecule has 132 valence electrons. The van der Waals surface area contributed by atoms with Gasteiger partial charge in [0.25, 0.3) is 5.69 Å². The van der Waals surface area contributed by atoms with Crippen LogP contribution in [-0.4, -0.2) is 4.92 Å². The van der Waals surface area contributed by atoms with E-state index in [4.69, 9.17) is 11.6 Å². The summed E-state index contributed by atoms with van der Waals surface area (Å²) in [5.74, 6) is 0. The lowest BCUT2D eigenvalue weighted by molar-refractivity contribution is -0.384. The normalized spacial score (nSPS) is 11.0. The maximum atomic E-state index is 10.9. The second-order valence-corrected chi connectivity index (χ2v) is 7.19. The lowest BCUT2D eigenvalue weighted by atomic mass is 10.0. The van der Waals surface area contributed by atoms with Crippen molar-refractivity contribution in [1.82, 2.24) is 0 Å². The standard InChI is InChI=1S/C21H13ClN2O2S/c22-18-6-10-21(11-7-18)27-20-8-4-15(5-9-20)12-17(14-23)16-2-1-3-19(13-16)24(25)26/h1-13H. The number of rotatable bonds is 5. The van der Waals surface area contributed by atoms with E-state index in [1.165, 1.54) is 12.1 Å². The Morgan fingerprint density at radius 3 is 2.26 bits per heavy atom. The molecule has 0 bridgehead atoms. The Bertz CT molecular complexity index is 1040. The maximum Gasteiger partial charge on any atom is 0.270 e. The van der Waals surface area contributed by atoms with Crippen molar-refractivity contribution in [1.29, 1.82) is 5.26 Å². The van der Waals surface area contributed by atoms with E-state index in [0.29, 0.717) is 16.2 Å². The molecule has 3 aromatic rings. The van der Waals surface area contributed by atoms with E-state index < -0.39 is 4.92 Å². The number of nitro benzene ring substituents is 1. The van der Waals surface area contributed by atoms with Crippen LogP contribution < -0.4 is 0 Å². The molecule has 0 heterocycles. The van der Waals surface area contributed by atoms with Crippen LogP contribution in [0.15, 0.2) is 82.6 Å². The SMILES string of the molecule is N#CC(=Cc1ccc(Sc2ccc(Cl)cc2)cc1)c1cccc([N+](=O)[O-])c1. The molecule has 0 fully saturated rings. The quantitative estimate of drug-likeness (QED) is 0.216. The van der Waals surface area contributed by atoms with Crippen molar-refractivity contribution in [2.24, 2.45) is 0 Å². The summed E-state index contributed by atoms with van der Waals surface area (Å²) >= 11 is 7.51. The topological polar surface area (TPSA) is 66.9 Å². The van der Waals surface area contributed by atoms with Gasteiger partial charge in [-0.25, -0.2) is 0 Å². The fourth-order valence-corrected chi connectivity index (χ4v) is 3.35. The number of non-ortho nitro benzene ring substituents is 1. The average Bonchev–Trinajstić information content (AvgIpc) is 2.69. The number of hydrogen-bond donors (Lipinski definition) is 0. The summed E-state index contributed by atoms with van der Waals surface area (Å²) in [6.45, 7) is 0. The highest BCUT2D eigenvalue weighted by molar-refractivity contribution is 7.99. The minimum atomic E-state index is -0.471. The first-order valence-electron chi connectivity index (χ1n) is 7.95. The molecule has 6 heteroatoms. The summed E-state index contributed by atoms with van der Waals surface area (Å²) in [5, 5.41) is 21.1. The first-order chi connectivity index (χ1) is 13.0. The third kappa shape index (κ3) is 4.98. The Balaban J connectivity index is 1.81. The van der Waals surface area contributed by atoms with Gasteiger partial charge in [-0.05, 0) is 53.6 Å². The number of halogens is 1. The van der Waals surface area contributed by atoms with Crippen LogP contribution >= 0.6 is 23.4 Å². The van der Waals surface area contributed by atoms with Gasteiger partial charge in [-0.1, -0.05) is 47.6 Å². The maximum absolute atomic E-state index is 10.9. The number of allylic oxidation sites excluding steroid dienone is 1. The Kier molecular flexibility index (Phi) is 5.92. The zero-order valence-electron chi connectivity index (χ0n) is 14.0. The van der Waals surface area contributed by atoms with E-state index in [2.05, 4.69) is 6.07 Å². The van der Waals surface area contributed by atoms with Crippen LogP contribution in [0.2, 0.25) is 5.02 Å². The van der Waals surface area contributed by atoms with E-state index >= 15 is 0 Å². The number of nitrogens with zero attached hydrogens (tertiary/aromatic N) is 2. The van der Waals surface area contributed by atoms with Crippen molar-refractivity contribution in [3.8, 4) is 6.07 Å². The monoisotopic (exact) mass is 392 g/mol. The fraction of sp³-hybridized carbons (Fsp3) is 0. The van der Waals surface area contributed by atoms with Gasteiger partial charge in [-0.2, -0.15) is 5.26 Å². The third-order valence-electron chi connectivity index (χ3n) is 3.73. The van der Waals surface area contributed by atoms with Crippen molar-refractivity contribution < 1.29 is 4.92 Å². The molecule has 0 atom stereocenters. The van der Waals surface area contributed by atoms with E-state index in [-0.39, 0.29) is 5.69 Å². The van der Waals surface area contributed by atoms with Gasteiger partial charge in [-0.3, -0.25) is 10.1 Å². The molecule has 0 radical (unpaired) electrons. The van der Waals surface area contributed by atoms with Crippen LogP contribution in [0, 0.1) is 21.4 Å². The molecule has 0 unspecified atom stereocenters. The zero-order chi connectivity index (χ0) is 19.2. The molecular weight excluding hydrogens is 380 g/mol. The second-order valence-electron chi connectivity index (χ2n) is 5.60. The van der Waals surface area contributed by atoms with Gasteiger partial charge in [0.15, 0.2) is 0 Å². The Morgan fingerprint density at radius 1 is 1.04 bits per heavy atom. The van der Waals surface area contributed by atoms with Crippen LogP contribution in [0.1, 0.15) is 11.1 Å². The van der Waals surface area contributed by atoms with Crippen LogP contribution in [-0.2, 0) is 0 Å². The molecule has 0 aromatic heterocycles. The highest BCUT2D eigenvalue weighted by Gasteiger charge is 2.09. The van der Waals surface area contributed by atoms with Crippen molar-refractivity contribution in [3.63, 3.8) is 0 Å². The largest absolute Gasteiger partial charge is 0.270 e. The van der Waals surface area contributed by atoms with Crippen LogP contribution in [0.4, 0.5) is 5.69 Å². The van der Waals surface area contributed by atoms with E-state index in [9.17, 15) is 15.4 Å². The molecule has 0 aliphatic heterocycles. The molecule has 0 saturated carbocycles. The highest BCUT2D eigenvalue weighted by atomic mass is 35.5. The molecule has 27 heavy (non-hydrogen) atoms. The van der Waals surface area contributed by atoms with Crippen LogP contribution in [0.25, 0.3) is 11.6 Å². The Labute approximate surface area is 165 Å². The van der Waals surface area contributed by atoms with E-state index in [0.717, 1.165) is 15.4 Å². The van der Waals surface area contributed by atoms with Crippen molar-refractivity contribution in [3.05, 3.63) is 99.1 Å². The number of nitriles is 1. The summed E-state index contributed by atoms with van der Waals surface area (Å²) in [4.78, 5) is 12.6. The summed E-state index contributed by atoms with van der Waals surface area (Å²) in [7, 11) is 0. The van der Waals surface area contributed by atoms with Crippen molar-refractivity contribution in [2.75, 3.05) is 0 Å².